The van der Waals surface area contributed by atoms with Crippen molar-refractivity contribution in [3.63, 3.8) is 0 Å². The Kier molecular flexibility index (Phi) is 4.08. The highest BCUT2D eigenvalue weighted by Crippen LogP contribution is 2.22. The van der Waals surface area contributed by atoms with Crippen LogP contribution >= 0.6 is 22.6 Å². The molecule has 2 heterocycles. The molecule has 0 atom stereocenters. The van der Waals surface area contributed by atoms with Crippen LogP contribution in [0.5, 0.6) is 0 Å². The van der Waals surface area contributed by atoms with Gasteiger partial charge in [0.15, 0.2) is 0 Å². The van der Waals surface area contributed by atoms with Gasteiger partial charge in [-0.2, -0.15) is 0 Å². The molecule has 5 nitrogen and oxygen atoms in total. The molecular formula is C13H16FIN4O. The Balaban J connectivity index is 1.83. The number of anilines is 1. The minimum Gasteiger partial charge on any atom is -0.379 e. The smallest absolute Gasteiger partial charge is 0.201 e. The second-order valence-corrected chi connectivity index (χ2v) is 5.99. The average molecular weight is 390 g/mol. The van der Waals surface area contributed by atoms with E-state index in [1.165, 1.54) is 6.07 Å². The van der Waals surface area contributed by atoms with Gasteiger partial charge in [-0.1, -0.05) is 0 Å². The van der Waals surface area contributed by atoms with Gasteiger partial charge in [0.2, 0.25) is 5.95 Å². The van der Waals surface area contributed by atoms with Crippen LogP contribution in [0, 0.1) is 9.39 Å². The van der Waals surface area contributed by atoms with Crippen LogP contribution in [0.2, 0.25) is 0 Å². The number of benzene rings is 1. The molecule has 1 aromatic heterocycles. The lowest BCUT2D eigenvalue weighted by Crippen LogP contribution is -2.38. The molecule has 3 rings (SSSR count). The Hall–Kier alpha value is -0.930. The number of fused-ring (bicyclic) bond motifs is 1. The minimum absolute atomic E-state index is 0.231. The SMILES string of the molecule is Nc1nc2cc(I)c(F)cc2n1CCN1CCOCC1. The van der Waals surface area contributed by atoms with E-state index in [1.54, 1.807) is 6.07 Å². The summed E-state index contributed by atoms with van der Waals surface area (Å²) in [6.07, 6.45) is 0. The van der Waals surface area contributed by atoms with Crippen LogP contribution in [-0.4, -0.2) is 47.3 Å². The number of aromatic nitrogens is 2. The topological polar surface area (TPSA) is 56.3 Å². The van der Waals surface area contributed by atoms with Crippen LogP contribution < -0.4 is 5.73 Å². The Morgan fingerprint density at radius 1 is 1.30 bits per heavy atom. The van der Waals surface area contributed by atoms with Gasteiger partial charge in [0.25, 0.3) is 0 Å². The third-order valence-corrected chi connectivity index (χ3v) is 4.39. The summed E-state index contributed by atoms with van der Waals surface area (Å²) in [4.78, 5) is 6.62. The first-order valence-corrected chi connectivity index (χ1v) is 7.64. The number of halogens is 2. The number of nitrogen functional groups attached to an aromatic ring is 1. The maximum atomic E-state index is 13.7. The highest BCUT2D eigenvalue weighted by molar-refractivity contribution is 14.1. The number of nitrogens with zero attached hydrogens (tertiary/aromatic N) is 3. The van der Waals surface area contributed by atoms with E-state index in [0.29, 0.717) is 16.1 Å². The molecule has 0 spiro atoms. The largest absolute Gasteiger partial charge is 0.379 e. The van der Waals surface area contributed by atoms with Gasteiger partial charge in [-0.15, -0.1) is 0 Å². The molecule has 0 radical (unpaired) electrons. The molecule has 0 aliphatic carbocycles. The Morgan fingerprint density at radius 2 is 2.05 bits per heavy atom. The van der Waals surface area contributed by atoms with Crippen molar-refractivity contribution in [2.75, 3.05) is 38.6 Å². The van der Waals surface area contributed by atoms with Gasteiger partial charge in [-0.3, -0.25) is 4.90 Å². The van der Waals surface area contributed by atoms with E-state index in [1.807, 2.05) is 27.2 Å². The first-order chi connectivity index (χ1) is 9.65. The maximum Gasteiger partial charge on any atom is 0.201 e. The summed E-state index contributed by atoms with van der Waals surface area (Å²) < 4.78 is 21.5. The first-order valence-electron chi connectivity index (χ1n) is 6.56. The molecule has 7 heteroatoms. The molecule has 108 valence electrons. The molecule has 0 unspecified atom stereocenters. The van der Waals surface area contributed by atoms with Crippen LogP contribution in [0.15, 0.2) is 12.1 Å². The molecule has 1 aliphatic heterocycles. The molecule has 20 heavy (non-hydrogen) atoms. The van der Waals surface area contributed by atoms with Gasteiger partial charge in [0, 0.05) is 32.2 Å². The quantitative estimate of drug-likeness (QED) is 0.811. The van der Waals surface area contributed by atoms with Gasteiger partial charge in [-0.05, 0) is 28.7 Å². The fourth-order valence-corrected chi connectivity index (χ4v) is 2.89. The summed E-state index contributed by atoms with van der Waals surface area (Å²) in [5.41, 5.74) is 7.46. The van der Waals surface area contributed by atoms with Crippen molar-refractivity contribution >= 4 is 39.6 Å². The van der Waals surface area contributed by atoms with Crippen molar-refractivity contribution in [3.05, 3.63) is 21.5 Å². The molecule has 1 fully saturated rings. The lowest BCUT2D eigenvalue weighted by atomic mass is 10.3. The minimum atomic E-state index is -0.231. The van der Waals surface area contributed by atoms with Crippen molar-refractivity contribution in [1.82, 2.24) is 14.5 Å². The number of hydrogen-bond donors (Lipinski definition) is 1. The van der Waals surface area contributed by atoms with Crippen LogP contribution in [-0.2, 0) is 11.3 Å². The zero-order chi connectivity index (χ0) is 14.1. The monoisotopic (exact) mass is 390 g/mol. The molecule has 2 N–H and O–H groups in total. The molecule has 0 amide bonds. The second kappa shape index (κ2) is 5.82. The molecule has 1 aromatic carbocycles. The normalized spacial score (nSPS) is 16.9. The third kappa shape index (κ3) is 2.75. The van der Waals surface area contributed by atoms with Crippen LogP contribution in [0.1, 0.15) is 0 Å². The Morgan fingerprint density at radius 3 is 2.80 bits per heavy atom. The van der Waals surface area contributed by atoms with Gasteiger partial charge >= 0.3 is 0 Å². The lowest BCUT2D eigenvalue weighted by molar-refractivity contribution is 0.0366. The van der Waals surface area contributed by atoms with Crippen molar-refractivity contribution in [1.29, 1.82) is 0 Å². The van der Waals surface area contributed by atoms with Crippen molar-refractivity contribution in [2.45, 2.75) is 6.54 Å². The van der Waals surface area contributed by atoms with E-state index in [-0.39, 0.29) is 5.82 Å². The summed E-state index contributed by atoms with van der Waals surface area (Å²) in [6.45, 7) is 4.98. The molecule has 1 aliphatic rings. The van der Waals surface area contributed by atoms with Crippen molar-refractivity contribution < 1.29 is 9.13 Å². The fraction of sp³-hybridized carbons (Fsp3) is 0.462. The molecule has 0 bridgehead atoms. The van der Waals surface area contributed by atoms with Gasteiger partial charge in [0.05, 0.1) is 27.8 Å². The predicted octanol–water partition coefficient (Wildman–Crippen LogP) is 1.69. The molecule has 1 saturated heterocycles. The second-order valence-electron chi connectivity index (χ2n) is 4.83. The number of morpholine rings is 1. The van der Waals surface area contributed by atoms with E-state index < -0.39 is 0 Å². The Bertz CT molecular complexity index is 624. The number of ether oxygens (including phenoxy) is 1. The standard InChI is InChI=1S/C13H16FIN4O/c14-9-7-12-11(8-10(9)15)17-13(16)19(12)2-1-18-3-5-20-6-4-18/h7-8H,1-6H2,(H2,16,17). The van der Waals surface area contributed by atoms with Gasteiger partial charge < -0.3 is 15.0 Å². The third-order valence-electron chi connectivity index (χ3n) is 3.56. The molecule has 0 saturated carbocycles. The van der Waals surface area contributed by atoms with E-state index >= 15 is 0 Å². The van der Waals surface area contributed by atoms with E-state index in [9.17, 15) is 4.39 Å². The Labute approximate surface area is 130 Å². The zero-order valence-corrected chi connectivity index (χ0v) is 13.1. The van der Waals surface area contributed by atoms with Crippen molar-refractivity contribution in [3.8, 4) is 0 Å². The molecule has 2 aromatic rings. The summed E-state index contributed by atoms with van der Waals surface area (Å²) in [5, 5.41) is 0. The van der Waals surface area contributed by atoms with E-state index in [4.69, 9.17) is 10.5 Å². The average Bonchev–Trinajstić information content (AvgIpc) is 2.73. The molecular weight excluding hydrogens is 374 g/mol. The maximum absolute atomic E-state index is 13.7. The predicted molar refractivity (Wildman–Crippen MR) is 84.1 cm³/mol. The van der Waals surface area contributed by atoms with E-state index in [0.717, 1.165) is 43.9 Å². The lowest BCUT2D eigenvalue weighted by Gasteiger charge is -2.26. The van der Waals surface area contributed by atoms with Crippen LogP contribution in [0.3, 0.4) is 0 Å². The van der Waals surface area contributed by atoms with Crippen molar-refractivity contribution in [2.24, 2.45) is 0 Å². The fourth-order valence-electron chi connectivity index (χ4n) is 2.44. The van der Waals surface area contributed by atoms with Crippen LogP contribution in [0.25, 0.3) is 11.0 Å². The summed E-state index contributed by atoms with van der Waals surface area (Å²) >= 11 is 1.96. The first kappa shape index (κ1) is 14.0. The van der Waals surface area contributed by atoms with Gasteiger partial charge in [0.1, 0.15) is 5.82 Å². The summed E-state index contributed by atoms with van der Waals surface area (Å²) in [7, 11) is 0. The van der Waals surface area contributed by atoms with E-state index in [2.05, 4.69) is 9.88 Å². The summed E-state index contributed by atoms with van der Waals surface area (Å²) in [5.74, 6) is 0.209. The number of nitrogens with two attached hydrogens (primary N) is 1. The summed E-state index contributed by atoms with van der Waals surface area (Å²) in [6, 6.07) is 3.24. The number of hydrogen-bond acceptors (Lipinski definition) is 4. The number of imidazole rings is 1. The highest BCUT2D eigenvalue weighted by atomic mass is 127. The van der Waals surface area contributed by atoms with Crippen LogP contribution in [0.4, 0.5) is 10.3 Å². The van der Waals surface area contributed by atoms with Gasteiger partial charge in [-0.25, -0.2) is 9.37 Å². The number of rotatable bonds is 3. The highest BCUT2D eigenvalue weighted by Gasteiger charge is 2.14. The zero-order valence-electron chi connectivity index (χ0n) is 11.0.